The number of ketones is 1. The van der Waals surface area contributed by atoms with Gasteiger partial charge in [0.2, 0.25) is 10.0 Å². The number of nitrogens with one attached hydrogen (secondary N) is 1. The van der Waals surface area contributed by atoms with E-state index in [2.05, 4.69) is 10.5 Å². The molecule has 2 heterocycles. The quantitative estimate of drug-likeness (QED) is 0.834. The fourth-order valence-electron chi connectivity index (χ4n) is 2.66. The molecule has 0 radical (unpaired) electrons. The van der Waals surface area contributed by atoms with Gasteiger partial charge in [-0.3, -0.25) is 9.59 Å². The van der Waals surface area contributed by atoms with E-state index in [0.717, 1.165) is 4.31 Å². The predicted molar refractivity (Wildman–Crippen MR) is 84.0 cm³/mol. The van der Waals surface area contributed by atoms with Gasteiger partial charge in [0, 0.05) is 18.2 Å². The molecule has 0 fully saturated rings. The van der Waals surface area contributed by atoms with Gasteiger partial charge in [-0.05, 0) is 19.1 Å². The maximum atomic E-state index is 12.7. The third-order valence-electron chi connectivity index (χ3n) is 3.71. The van der Waals surface area contributed by atoms with Gasteiger partial charge >= 0.3 is 0 Å². The molecule has 1 N–H and O–H groups in total. The first-order valence-corrected chi connectivity index (χ1v) is 8.69. The number of anilines is 1. The van der Waals surface area contributed by atoms with E-state index in [1.807, 2.05) is 0 Å². The van der Waals surface area contributed by atoms with Gasteiger partial charge in [0.15, 0.2) is 17.6 Å². The molecule has 1 aliphatic heterocycles. The zero-order valence-electron chi connectivity index (χ0n) is 13.0. The van der Waals surface area contributed by atoms with Crippen molar-refractivity contribution in [2.24, 2.45) is 0 Å². The van der Waals surface area contributed by atoms with Gasteiger partial charge in [-0.15, -0.1) is 0 Å². The van der Waals surface area contributed by atoms with E-state index >= 15 is 0 Å². The van der Waals surface area contributed by atoms with E-state index in [1.54, 1.807) is 19.9 Å². The lowest BCUT2D eigenvalue weighted by atomic mass is 10.0. The normalized spacial score (nSPS) is 19.8. The van der Waals surface area contributed by atoms with Gasteiger partial charge in [0.05, 0.1) is 4.90 Å². The molecule has 0 bridgehead atoms. The molecule has 8 nitrogen and oxygen atoms in total. The van der Waals surface area contributed by atoms with Gasteiger partial charge < -0.3 is 9.84 Å². The third kappa shape index (κ3) is 2.51. The Morgan fingerprint density at radius 3 is 2.71 bits per heavy atom. The van der Waals surface area contributed by atoms with E-state index in [1.165, 1.54) is 24.3 Å². The maximum Gasteiger partial charge on any atom is 0.252 e. The minimum atomic E-state index is -3.94. The van der Waals surface area contributed by atoms with Crippen LogP contribution < -0.4 is 5.32 Å². The lowest BCUT2D eigenvalue weighted by Crippen LogP contribution is -2.55. The van der Waals surface area contributed by atoms with E-state index in [0.29, 0.717) is 5.76 Å². The SMILES string of the molecule is CCN1[C@@H](C(=O)Nc2cc(C)on2)C(=O)c2ccccc2S1(=O)=O. The number of amides is 1. The van der Waals surface area contributed by atoms with Crippen LogP contribution in [0.15, 0.2) is 39.8 Å². The number of hydrogen-bond acceptors (Lipinski definition) is 6. The first kappa shape index (κ1) is 16.3. The Bertz CT molecular complexity index is 919. The average molecular weight is 349 g/mol. The monoisotopic (exact) mass is 349 g/mol. The number of nitrogens with zero attached hydrogens (tertiary/aromatic N) is 2. The van der Waals surface area contributed by atoms with Crippen LogP contribution in [0.25, 0.3) is 0 Å². The highest BCUT2D eigenvalue weighted by atomic mass is 32.2. The van der Waals surface area contributed by atoms with Crippen LogP contribution in [0.4, 0.5) is 5.82 Å². The number of rotatable bonds is 3. The molecule has 126 valence electrons. The van der Waals surface area contributed by atoms with Crippen molar-refractivity contribution in [2.75, 3.05) is 11.9 Å². The van der Waals surface area contributed by atoms with Crippen molar-refractivity contribution < 1.29 is 22.5 Å². The van der Waals surface area contributed by atoms with Crippen molar-refractivity contribution in [3.05, 3.63) is 41.7 Å². The van der Waals surface area contributed by atoms with Gasteiger partial charge in [-0.1, -0.05) is 24.2 Å². The van der Waals surface area contributed by atoms with E-state index in [-0.39, 0.29) is 22.8 Å². The smallest absolute Gasteiger partial charge is 0.252 e. The molecular formula is C15H15N3O5S. The van der Waals surface area contributed by atoms with Crippen LogP contribution in [-0.4, -0.2) is 42.2 Å². The Kier molecular flexibility index (Phi) is 3.98. The third-order valence-corrected chi connectivity index (χ3v) is 5.71. The minimum absolute atomic E-state index is 0.0127. The lowest BCUT2D eigenvalue weighted by Gasteiger charge is -2.32. The van der Waals surface area contributed by atoms with Gasteiger partial charge in [0.25, 0.3) is 5.91 Å². The van der Waals surface area contributed by atoms with Crippen LogP contribution in [0.1, 0.15) is 23.0 Å². The summed E-state index contributed by atoms with van der Waals surface area (Å²) in [5.41, 5.74) is 0.0127. The summed E-state index contributed by atoms with van der Waals surface area (Å²) < 4.78 is 31.2. The van der Waals surface area contributed by atoms with Crippen LogP contribution in [0, 0.1) is 6.92 Å². The zero-order valence-corrected chi connectivity index (χ0v) is 13.8. The maximum absolute atomic E-state index is 12.7. The summed E-state index contributed by atoms with van der Waals surface area (Å²) >= 11 is 0. The number of carbonyl (C=O) groups excluding carboxylic acids is 2. The molecule has 0 aliphatic carbocycles. The summed E-state index contributed by atoms with van der Waals surface area (Å²) in [6.45, 7) is 3.20. The van der Waals surface area contributed by atoms with Crippen LogP contribution in [0.2, 0.25) is 0 Å². The fourth-order valence-corrected chi connectivity index (χ4v) is 4.42. The van der Waals surface area contributed by atoms with Gasteiger partial charge in [-0.25, -0.2) is 8.42 Å². The number of likely N-dealkylation sites (N-methyl/N-ethyl adjacent to an activating group) is 1. The summed E-state index contributed by atoms with van der Waals surface area (Å²) in [5.74, 6) is -0.739. The number of aryl methyl sites for hydroxylation is 1. The summed E-state index contributed by atoms with van der Waals surface area (Å²) in [6.07, 6.45) is 0. The number of benzene rings is 1. The molecule has 1 aromatic carbocycles. The van der Waals surface area contributed by atoms with E-state index in [9.17, 15) is 18.0 Å². The van der Waals surface area contributed by atoms with Crippen LogP contribution in [0.3, 0.4) is 0 Å². The number of carbonyl (C=O) groups is 2. The zero-order chi connectivity index (χ0) is 17.5. The Morgan fingerprint density at radius 2 is 2.08 bits per heavy atom. The Morgan fingerprint density at radius 1 is 1.38 bits per heavy atom. The van der Waals surface area contributed by atoms with Crippen molar-refractivity contribution in [2.45, 2.75) is 24.8 Å². The second-order valence-electron chi connectivity index (χ2n) is 5.28. The highest BCUT2D eigenvalue weighted by Crippen LogP contribution is 2.30. The van der Waals surface area contributed by atoms with Gasteiger partial charge in [-0.2, -0.15) is 4.31 Å². The molecule has 3 rings (SSSR count). The number of aromatic nitrogens is 1. The highest BCUT2D eigenvalue weighted by molar-refractivity contribution is 7.89. The minimum Gasteiger partial charge on any atom is -0.360 e. The number of hydrogen-bond donors (Lipinski definition) is 1. The molecule has 2 aromatic rings. The second-order valence-corrected chi connectivity index (χ2v) is 7.14. The molecule has 1 amide bonds. The first-order valence-electron chi connectivity index (χ1n) is 7.25. The molecule has 1 aliphatic rings. The van der Waals surface area contributed by atoms with Crippen molar-refractivity contribution in [3.63, 3.8) is 0 Å². The Labute approximate surface area is 138 Å². The van der Waals surface area contributed by atoms with Crippen LogP contribution in [0.5, 0.6) is 0 Å². The summed E-state index contributed by atoms with van der Waals surface area (Å²) in [6, 6.07) is 5.86. The molecule has 9 heteroatoms. The van der Waals surface area contributed by atoms with Crippen molar-refractivity contribution in [1.29, 1.82) is 0 Å². The van der Waals surface area contributed by atoms with E-state index < -0.39 is 27.8 Å². The molecule has 24 heavy (non-hydrogen) atoms. The first-order chi connectivity index (χ1) is 11.4. The summed E-state index contributed by atoms with van der Waals surface area (Å²) in [5, 5.41) is 6.05. The fraction of sp³-hybridized carbons (Fsp3) is 0.267. The molecule has 0 saturated carbocycles. The second kappa shape index (κ2) is 5.84. The molecule has 0 unspecified atom stereocenters. The molecule has 0 spiro atoms. The molecule has 1 aromatic heterocycles. The van der Waals surface area contributed by atoms with Crippen molar-refractivity contribution in [1.82, 2.24) is 9.46 Å². The highest BCUT2D eigenvalue weighted by Gasteiger charge is 2.46. The molecular weight excluding hydrogens is 334 g/mol. The van der Waals surface area contributed by atoms with Crippen molar-refractivity contribution >= 4 is 27.5 Å². The topological polar surface area (TPSA) is 110 Å². The number of Topliss-reactive ketones (excluding diaryl/α,β-unsaturated/α-hetero) is 1. The van der Waals surface area contributed by atoms with E-state index in [4.69, 9.17) is 4.52 Å². The Balaban J connectivity index is 2.03. The van der Waals surface area contributed by atoms with Crippen LogP contribution >= 0.6 is 0 Å². The molecule has 1 atom stereocenters. The number of fused-ring (bicyclic) bond motifs is 1. The average Bonchev–Trinajstić information content (AvgIpc) is 2.95. The summed E-state index contributed by atoms with van der Waals surface area (Å²) in [7, 11) is -3.94. The molecule has 0 saturated heterocycles. The van der Waals surface area contributed by atoms with Crippen LogP contribution in [-0.2, 0) is 14.8 Å². The predicted octanol–water partition coefficient (Wildman–Crippen LogP) is 1.20. The largest absolute Gasteiger partial charge is 0.360 e. The Hall–Kier alpha value is -2.52. The summed E-state index contributed by atoms with van der Waals surface area (Å²) in [4.78, 5) is 25.1. The lowest BCUT2D eigenvalue weighted by molar-refractivity contribution is -0.118. The van der Waals surface area contributed by atoms with Gasteiger partial charge in [0.1, 0.15) is 5.76 Å². The number of sulfonamides is 1. The van der Waals surface area contributed by atoms with Crippen molar-refractivity contribution in [3.8, 4) is 0 Å². The standard InChI is InChI=1S/C15H15N3O5S/c1-3-18-13(15(20)16-12-8-9(2)23-17-12)14(19)10-6-4-5-7-11(10)24(18,21)22/h4-8,13H,3H2,1-2H3,(H,16,17,20)/t13-/m1/s1.